The van der Waals surface area contributed by atoms with Gasteiger partial charge in [0.25, 0.3) is 0 Å². The van der Waals surface area contributed by atoms with Crippen LogP contribution in [-0.4, -0.2) is 157 Å². The average Bonchev–Trinajstić information content (AvgIpc) is 3.68. The number of amides is 8. The van der Waals surface area contributed by atoms with Crippen molar-refractivity contribution in [3.63, 3.8) is 0 Å². The first kappa shape index (κ1) is 58.3. The average molecular weight is 993 g/mol. The van der Waals surface area contributed by atoms with Gasteiger partial charge in [-0.3, -0.25) is 47.9 Å². The van der Waals surface area contributed by atoms with Gasteiger partial charge in [-0.25, -0.2) is 4.79 Å². The largest absolute Gasteiger partial charge is 0.481 e. The van der Waals surface area contributed by atoms with Crippen LogP contribution in [0.25, 0.3) is 10.9 Å². The number of aromatic amines is 1. The number of aromatic nitrogens is 1. The predicted octanol–water partition coefficient (Wildman–Crippen LogP) is -2.68. The molecule has 1 heterocycles. The molecule has 0 spiro atoms. The summed E-state index contributed by atoms with van der Waals surface area (Å²) in [6.45, 7) is 5.47. The molecule has 1 aromatic heterocycles. The molecule has 2 aromatic rings. The Morgan fingerprint density at radius 1 is 0.609 bits per heavy atom. The molecular formula is C43H64N10O15S. The number of primary amides is 1. The molecule has 0 unspecified atom stereocenters. The second-order valence-corrected chi connectivity index (χ2v) is 17.6. The van der Waals surface area contributed by atoms with Crippen molar-refractivity contribution < 1.29 is 73.2 Å². The van der Waals surface area contributed by atoms with Gasteiger partial charge in [0.15, 0.2) is 0 Å². The van der Waals surface area contributed by atoms with E-state index in [1.54, 1.807) is 50.6 Å². The maximum atomic E-state index is 14.2. The number of H-pyrrole nitrogens is 1. The summed E-state index contributed by atoms with van der Waals surface area (Å²) in [5, 5.41) is 56.4. The molecule has 382 valence electrons. The molecule has 2 rings (SSSR count). The Bertz CT molecular complexity index is 2170. The lowest BCUT2D eigenvalue weighted by atomic mass is 10.0. The number of carbonyl (C=O) groups excluding carboxylic acids is 8. The van der Waals surface area contributed by atoms with Crippen molar-refractivity contribution in [3.05, 3.63) is 36.0 Å². The number of nitrogens with two attached hydrogens (primary N) is 2. The second kappa shape index (κ2) is 28.5. The number of carboxylic acid groups (broad SMARTS) is 3. The first-order valence-corrected chi connectivity index (χ1v) is 23.3. The summed E-state index contributed by atoms with van der Waals surface area (Å²) < 4.78 is 0. The Morgan fingerprint density at radius 3 is 1.65 bits per heavy atom. The first-order chi connectivity index (χ1) is 32.4. The summed E-state index contributed by atoms with van der Waals surface area (Å²) in [6, 6.07) is -5.10. The second-order valence-electron chi connectivity index (χ2n) is 16.6. The summed E-state index contributed by atoms with van der Waals surface area (Å²) in [6.07, 6.45) is -1.25. The highest BCUT2D eigenvalue weighted by Crippen LogP contribution is 2.20. The molecule has 0 fully saturated rings. The minimum atomic E-state index is -1.80. The van der Waals surface area contributed by atoms with E-state index in [1.807, 2.05) is 0 Å². The Balaban J connectivity index is 2.42. The van der Waals surface area contributed by atoms with E-state index in [0.717, 1.165) is 6.92 Å². The third-order valence-corrected chi connectivity index (χ3v) is 11.3. The van der Waals surface area contributed by atoms with Crippen LogP contribution in [0.5, 0.6) is 0 Å². The lowest BCUT2D eigenvalue weighted by Gasteiger charge is -2.29. The number of fused-ring (bicyclic) bond motifs is 1. The number of benzene rings is 1. The molecule has 0 aliphatic rings. The van der Waals surface area contributed by atoms with E-state index >= 15 is 0 Å². The molecule has 69 heavy (non-hydrogen) atoms. The summed E-state index contributed by atoms with van der Waals surface area (Å²) >= 11 is 1.36. The third-order valence-electron chi connectivity index (χ3n) is 10.6. The smallest absolute Gasteiger partial charge is 0.326 e. The van der Waals surface area contributed by atoms with Crippen LogP contribution in [0, 0.1) is 5.92 Å². The van der Waals surface area contributed by atoms with Crippen LogP contribution in [0.2, 0.25) is 0 Å². The van der Waals surface area contributed by atoms with Gasteiger partial charge in [0.05, 0.1) is 12.1 Å². The highest BCUT2D eigenvalue weighted by atomic mass is 32.2. The van der Waals surface area contributed by atoms with Crippen LogP contribution in [0.4, 0.5) is 0 Å². The highest BCUT2D eigenvalue weighted by Gasteiger charge is 2.36. The van der Waals surface area contributed by atoms with Crippen molar-refractivity contribution >= 4 is 87.8 Å². The van der Waals surface area contributed by atoms with E-state index in [-0.39, 0.29) is 25.7 Å². The first-order valence-electron chi connectivity index (χ1n) is 21.9. The number of carboxylic acids is 3. The zero-order chi connectivity index (χ0) is 52.1. The van der Waals surface area contributed by atoms with Crippen LogP contribution in [0.1, 0.15) is 78.2 Å². The number of rotatable bonds is 31. The number of thioether (sulfide) groups is 1. The number of aliphatic carboxylic acids is 3. The monoisotopic (exact) mass is 992 g/mol. The quantitative estimate of drug-likeness (QED) is 0.0366. The summed E-state index contributed by atoms with van der Waals surface area (Å²) in [7, 11) is 0. The van der Waals surface area contributed by atoms with E-state index in [0.29, 0.717) is 22.2 Å². The molecule has 0 bridgehead atoms. The van der Waals surface area contributed by atoms with Gasteiger partial charge in [-0.15, -0.1) is 0 Å². The number of carbonyl (C=O) groups is 11. The van der Waals surface area contributed by atoms with E-state index in [9.17, 15) is 73.2 Å². The number of hydrogen-bond acceptors (Lipinski definition) is 14. The number of hydrogen-bond donors (Lipinski definition) is 14. The van der Waals surface area contributed by atoms with E-state index in [1.165, 1.54) is 18.7 Å². The van der Waals surface area contributed by atoms with Crippen molar-refractivity contribution in [3.8, 4) is 0 Å². The number of aliphatic hydroxyl groups is 1. The standard InChI is InChI=1S/C43H64N10O15S/c1-20(2)34(41(65)50-29(43(67)68)16-17-69-5)52-42(66)35(22(4)54)53-39(63)28(12-15-33(58)59)49-40(64)30(18-23-19-46-26-9-7-6-8-24(23)26)51-36(60)21(3)47-38(62)27(11-14-32(56)57)48-37(61)25(44)10-13-31(45)55/h6-9,19-22,25,27-30,34-35,46,54H,10-18,44H2,1-5H3,(H2,45,55)(H,47,62)(H,48,61)(H,49,64)(H,50,65)(H,51,60)(H,52,66)(H,53,63)(H,56,57)(H,58,59)(H,67,68)/t21-,22+,25-,27-,28-,29-,30-,34-,35-/m0/s1. The van der Waals surface area contributed by atoms with Crippen LogP contribution < -0.4 is 48.7 Å². The van der Waals surface area contributed by atoms with Gasteiger partial charge in [0.2, 0.25) is 47.3 Å². The molecule has 9 atom stereocenters. The Morgan fingerprint density at radius 2 is 1.12 bits per heavy atom. The summed E-state index contributed by atoms with van der Waals surface area (Å²) in [4.78, 5) is 144. The van der Waals surface area contributed by atoms with E-state index < -0.39 is 151 Å². The molecule has 1 aromatic carbocycles. The van der Waals surface area contributed by atoms with Gasteiger partial charge in [0.1, 0.15) is 42.3 Å². The molecule has 8 amide bonds. The molecule has 25 nitrogen and oxygen atoms in total. The zero-order valence-electron chi connectivity index (χ0n) is 38.9. The van der Waals surface area contributed by atoms with Gasteiger partial charge in [0, 0.05) is 42.8 Å². The number of para-hydroxylation sites is 1. The van der Waals surface area contributed by atoms with Gasteiger partial charge < -0.3 is 74.1 Å². The van der Waals surface area contributed by atoms with Crippen molar-refractivity contribution in [1.29, 1.82) is 0 Å². The van der Waals surface area contributed by atoms with Gasteiger partial charge in [-0.1, -0.05) is 32.0 Å². The third kappa shape index (κ3) is 19.8. The van der Waals surface area contributed by atoms with Crippen molar-refractivity contribution in [2.24, 2.45) is 17.4 Å². The zero-order valence-corrected chi connectivity index (χ0v) is 39.7. The minimum Gasteiger partial charge on any atom is -0.481 e. The molecular weight excluding hydrogens is 929 g/mol. The van der Waals surface area contributed by atoms with Crippen LogP contribution in [0.15, 0.2) is 30.5 Å². The molecule has 0 aliphatic carbocycles. The Kier molecular flexibility index (Phi) is 24.1. The van der Waals surface area contributed by atoms with E-state index in [4.69, 9.17) is 11.5 Å². The normalized spacial score (nSPS) is 15.1. The molecule has 0 saturated carbocycles. The van der Waals surface area contributed by atoms with Gasteiger partial charge in [-0.2, -0.15) is 11.8 Å². The van der Waals surface area contributed by atoms with Gasteiger partial charge in [-0.05, 0) is 69.1 Å². The molecule has 16 N–H and O–H groups in total. The Hall–Kier alpha value is -6.80. The number of aliphatic hydroxyl groups excluding tert-OH is 1. The molecule has 0 aliphatic heterocycles. The van der Waals surface area contributed by atoms with Crippen molar-refractivity contribution in [2.75, 3.05) is 12.0 Å². The van der Waals surface area contributed by atoms with Crippen molar-refractivity contribution in [2.45, 2.75) is 134 Å². The molecule has 0 saturated heterocycles. The van der Waals surface area contributed by atoms with E-state index in [2.05, 4.69) is 42.2 Å². The molecule has 26 heteroatoms. The van der Waals surface area contributed by atoms with Crippen LogP contribution in [0.3, 0.4) is 0 Å². The number of nitrogens with one attached hydrogen (secondary N) is 8. The minimum absolute atomic E-state index is 0.0782. The van der Waals surface area contributed by atoms with Crippen molar-refractivity contribution in [1.82, 2.24) is 42.2 Å². The lowest BCUT2D eigenvalue weighted by molar-refractivity contribution is -0.143. The molecule has 0 radical (unpaired) electrons. The maximum absolute atomic E-state index is 14.2. The van der Waals surface area contributed by atoms with Crippen LogP contribution >= 0.6 is 11.8 Å². The van der Waals surface area contributed by atoms with Gasteiger partial charge >= 0.3 is 17.9 Å². The summed E-state index contributed by atoms with van der Waals surface area (Å²) in [5.74, 6) is -12.0. The maximum Gasteiger partial charge on any atom is 0.326 e. The Labute approximate surface area is 401 Å². The topological polar surface area (TPSA) is 421 Å². The fraction of sp³-hybridized carbons (Fsp3) is 0.558. The highest BCUT2D eigenvalue weighted by molar-refractivity contribution is 7.98. The fourth-order valence-electron chi connectivity index (χ4n) is 6.65. The predicted molar refractivity (Wildman–Crippen MR) is 248 cm³/mol. The lowest BCUT2D eigenvalue weighted by Crippen LogP contribution is -2.62. The summed E-state index contributed by atoms with van der Waals surface area (Å²) in [5.41, 5.74) is 12.1. The fourth-order valence-corrected chi connectivity index (χ4v) is 7.12. The van der Waals surface area contributed by atoms with Crippen LogP contribution in [-0.2, 0) is 59.2 Å². The SMILES string of the molecule is CSCC[C@H](NC(=O)[C@@H](NC(=O)[C@@H](NC(=O)[C@H](CCC(=O)O)NC(=O)[C@H](Cc1c[nH]c2ccccc12)NC(=O)[C@H](C)NC(=O)[C@H](CCC(=O)O)NC(=O)[C@@H](N)CCC(N)=O)[C@@H](C)O)C(C)C)C(=O)O.